The van der Waals surface area contributed by atoms with Crippen molar-refractivity contribution in [2.75, 3.05) is 0 Å². The first-order chi connectivity index (χ1) is 5.63. The molecule has 4 heteroatoms. The standard InChI is InChI=1S/C8H15NO3/c9-7(8(11)12)5-3-1-2-4-6(5)10/h5-7,10H,1-4,9H2,(H,11,12)/t5-,6?,7+/m1/s1. The molecular weight excluding hydrogens is 158 g/mol. The minimum Gasteiger partial charge on any atom is -0.480 e. The Hall–Kier alpha value is -0.610. The van der Waals surface area contributed by atoms with Crippen LogP contribution in [0.3, 0.4) is 0 Å². The Morgan fingerprint density at radius 3 is 2.50 bits per heavy atom. The van der Waals surface area contributed by atoms with E-state index in [2.05, 4.69) is 0 Å². The van der Waals surface area contributed by atoms with E-state index in [9.17, 15) is 9.90 Å². The molecule has 0 aliphatic heterocycles. The van der Waals surface area contributed by atoms with Crippen molar-refractivity contribution < 1.29 is 15.0 Å². The number of nitrogens with two attached hydrogens (primary N) is 1. The fraction of sp³-hybridized carbons (Fsp3) is 0.875. The Morgan fingerprint density at radius 2 is 2.00 bits per heavy atom. The summed E-state index contributed by atoms with van der Waals surface area (Å²) in [6.07, 6.45) is 2.84. The largest absolute Gasteiger partial charge is 0.480 e. The van der Waals surface area contributed by atoms with Crippen molar-refractivity contribution in [3.05, 3.63) is 0 Å². The van der Waals surface area contributed by atoms with Crippen LogP contribution < -0.4 is 5.73 Å². The highest BCUT2D eigenvalue weighted by Crippen LogP contribution is 2.26. The number of hydrogen-bond donors (Lipinski definition) is 3. The fourth-order valence-corrected chi connectivity index (χ4v) is 1.74. The summed E-state index contributed by atoms with van der Waals surface area (Å²) in [4.78, 5) is 10.5. The first-order valence-corrected chi connectivity index (χ1v) is 4.29. The fourth-order valence-electron chi connectivity index (χ4n) is 1.74. The van der Waals surface area contributed by atoms with E-state index in [0.29, 0.717) is 6.42 Å². The van der Waals surface area contributed by atoms with Crippen LogP contribution in [0.4, 0.5) is 0 Å². The smallest absolute Gasteiger partial charge is 0.320 e. The highest BCUT2D eigenvalue weighted by atomic mass is 16.4. The Morgan fingerprint density at radius 1 is 1.42 bits per heavy atom. The van der Waals surface area contributed by atoms with Crippen LogP contribution in [0.1, 0.15) is 25.7 Å². The summed E-state index contributed by atoms with van der Waals surface area (Å²) in [7, 11) is 0. The summed E-state index contributed by atoms with van der Waals surface area (Å²) < 4.78 is 0. The molecule has 70 valence electrons. The molecule has 1 unspecified atom stereocenters. The molecule has 1 fully saturated rings. The lowest BCUT2D eigenvalue weighted by molar-refractivity contribution is -0.141. The van der Waals surface area contributed by atoms with Crippen molar-refractivity contribution in [3.63, 3.8) is 0 Å². The van der Waals surface area contributed by atoms with Crippen LogP contribution in [0.15, 0.2) is 0 Å². The number of carboxylic acid groups (broad SMARTS) is 1. The molecule has 0 amide bonds. The van der Waals surface area contributed by atoms with Gasteiger partial charge in [-0.2, -0.15) is 0 Å². The second kappa shape index (κ2) is 3.87. The first-order valence-electron chi connectivity index (χ1n) is 4.29. The van der Waals surface area contributed by atoms with Gasteiger partial charge in [-0.25, -0.2) is 0 Å². The van der Waals surface area contributed by atoms with Crippen LogP contribution in [-0.2, 0) is 4.79 Å². The Bertz CT molecular complexity index is 172. The van der Waals surface area contributed by atoms with Gasteiger partial charge < -0.3 is 15.9 Å². The molecule has 0 bridgehead atoms. The van der Waals surface area contributed by atoms with Gasteiger partial charge in [-0.05, 0) is 12.8 Å². The number of carboxylic acids is 1. The lowest BCUT2D eigenvalue weighted by Gasteiger charge is -2.29. The van der Waals surface area contributed by atoms with Gasteiger partial charge in [0.05, 0.1) is 6.10 Å². The first kappa shape index (κ1) is 9.48. The molecule has 4 nitrogen and oxygen atoms in total. The molecule has 1 aliphatic rings. The van der Waals surface area contributed by atoms with Gasteiger partial charge in [-0.3, -0.25) is 4.79 Å². The normalized spacial score (nSPS) is 32.8. The van der Waals surface area contributed by atoms with Crippen LogP contribution in [0.25, 0.3) is 0 Å². The lowest BCUT2D eigenvalue weighted by Crippen LogP contribution is -2.45. The highest BCUT2D eigenvalue weighted by molar-refractivity contribution is 5.73. The number of aliphatic hydroxyl groups excluding tert-OH is 1. The molecular formula is C8H15NO3. The van der Waals surface area contributed by atoms with Crippen LogP contribution in [0, 0.1) is 5.92 Å². The van der Waals surface area contributed by atoms with E-state index in [1.807, 2.05) is 0 Å². The summed E-state index contributed by atoms with van der Waals surface area (Å²) in [5, 5.41) is 18.1. The molecule has 1 aliphatic carbocycles. The number of aliphatic hydroxyl groups is 1. The van der Waals surface area contributed by atoms with Crippen LogP contribution >= 0.6 is 0 Å². The topological polar surface area (TPSA) is 83.6 Å². The monoisotopic (exact) mass is 173 g/mol. The zero-order valence-corrected chi connectivity index (χ0v) is 6.94. The number of hydrogen-bond acceptors (Lipinski definition) is 3. The van der Waals surface area contributed by atoms with E-state index in [0.717, 1.165) is 19.3 Å². The van der Waals surface area contributed by atoms with E-state index in [1.165, 1.54) is 0 Å². The van der Waals surface area contributed by atoms with Gasteiger partial charge >= 0.3 is 5.97 Å². The average Bonchev–Trinajstić information content (AvgIpc) is 2.04. The van der Waals surface area contributed by atoms with E-state index in [1.54, 1.807) is 0 Å². The zero-order valence-electron chi connectivity index (χ0n) is 6.94. The molecule has 0 aromatic rings. The molecule has 0 aromatic heterocycles. The van der Waals surface area contributed by atoms with Crippen molar-refractivity contribution in [1.29, 1.82) is 0 Å². The molecule has 1 rings (SSSR count). The molecule has 1 saturated carbocycles. The molecule has 0 aromatic carbocycles. The maximum Gasteiger partial charge on any atom is 0.320 e. The van der Waals surface area contributed by atoms with Crippen molar-refractivity contribution >= 4 is 5.97 Å². The zero-order chi connectivity index (χ0) is 9.14. The predicted octanol–water partition coefficient (Wildman–Crippen LogP) is -0.0506. The summed E-state index contributed by atoms with van der Waals surface area (Å²) in [5.41, 5.74) is 5.42. The SMILES string of the molecule is N[C@H](C(=O)O)[C@@H]1CCCCC1O. The summed E-state index contributed by atoms with van der Waals surface area (Å²) in [6, 6.07) is -0.903. The highest BCUT2D eigenvalue weighted by Gasteiger charge is 2.32. The third kappa shape index (κ3) is 1.95. The third-order valence-electron chi connectivity index (χ3n) is 2.53. The lowest BCUT2D eigenvalue weighted by atomic mass is 9.82. The second-order valence-electron chi connectivity index (χ2n) is 3.38. The molecule has 12 heavy (non-hydrogen) atoms. The Kier molecular flexibility index (Phi) is 3.05. The summed E-state index contributed by atoms with van der Waals surface area (Å²) >= 11 is 0. The van der Waals surface area contributed by atoms with Crippen molar-refractivity contribution in [1.82, 2.24) is 0 Å². The number of aliphatic carboxylic acids is 1. The Labute approximate surface area is 71.4 Å². The van der Waals surface area contributed by atoms with Crippen molar-refractivity contribution in [2.24, 2.45) is 11.7 Å². The maximum atomic E-state index is 10.5. The number of carbonyl (C=O) groups is 1. The van der Waals surface area contributed by atoms with Crippen LogP contribution in [-0.4, -0.2) is 28.3 Å². The van der Waals surface area contributed by atoms with Gasteiger partial charge in [0.1, 0.15) is 6.04 Å². The molecule has 0 heterocycles. The quantitative estimate of drug-likeness (QED) is 0.546. The average molecular weight is 173 g/mol. The minimum absolute atomic E-state index is 0.253. The summed E-state index contributed by atoms with van der Waals surface area (Å²) in [5.74, 6) is -1.27. The van der Waals surface area contributed by atoms with Crippen molar-refractivity contribution in [2.45, 2.75) is 37.8 Å². The van der Waals surface area contributed by atoms with E-state index >= 15 is 0 Å². The maximum absolute atomic E-state index is 10.5. The second-order valence-corrected chi connectivity index (χ2v) is 3.38. The van der Waals surface area contributed by atoms with E-state index in [4.69, 9.17) is 10.8 Å². The van der Waals surface area contributed by atoms with Gasteiger partial charge in [-0.15, -0.1) is 0 Å². The van der Waals surface area contributed by atoms with Gasteiger partial charge in [0, 0.05) is 5.92 Å². The van der Waals surface area contributed by atoms with Gasteiger partial charge in [0.25, 0.3) is 0 Å². The van der Waals surface area contributed by atoms with Gasteiger partial charge in [0.2, 0.25) is 0 Å². The van der Waals surface area contributed by atoms with E-state index < -0.39 is 18.1 Å². The molecule has 0 spiro atoms. The van der Waals surface area contributed by atoms with Crippen molar-refractivity contribution in [3.8, 4) is 0 Å². The minimum atomic E-state index is -1.01. The number of rotatable bonds is 2. The van der Waals surface area contributed by atoms with Crippen LogP contribution in [0.2, 0.25) is 0 Å². The summed E-state index contributed by atoms with van der Waals surface area (Å²) in [6.45, 7) is 0. The van der Waals surface area contributed by atoms with Gasteiger partial charge in [0.15, 0.2) is 0 Å². The Balaban J connectivity index is 2.53. The van der Waals surface area contributed by atoms with E-state index in [-0.39, 0.29) is 5.92 Å². The predicted molar refractivity (Wildman–Crippen MR) is 43.6 cm³/mol. The van der Waals surface area contributed by atoms with Gasteiger partial charge in [-0.1, -0.05) is 12.8 Å². The molecule has 0 radical (unpaired) electrons. The molecule has 3 atom stereocenters. The molecule has 4 N–H and O–H groups in total. The van der Waals surface area contributed by atoms with Crippen LogP contribution in [0.5, 0.6) is 0 Å². The molecule has 0 saturated heterocycles. The third-order valence-corrected chi connectivity index (χ3v) is 2.53.